The van der Waals surface area contributed by atoms with Crippen LogP contribution in [0.3, 0.4) is 0 Å². The Kier molecular flexibility index (Phi) is 4.94. The first-order valence-electron chi connectivity index (χ1n) is 6.31. The number of nitrogens with one attached hydrogen (secondary N) is 1. The molecule has 2 nitrogen and oxygen atoms in total. The van der Waals surface area contributed by atoms with Gasteiger partial charge in [-0.3, -0.25) is 0 Å². The number of aliphatic hydroxyl groups is 1. The summed E-state index contributed by atoms with van der Waals surface area (Å²) < 4.78 is 0. The van der Waals surface area contributed by atoms with Gasteiger partial charge in [-0.2, -0.15) is 0 Å². The molecule has 2 aromatic carbocycles. The molecule has 0 bridgehead atoms. The Morgan fingerprint density at radius 3 is 2.00 bits per heavy atom. The smallest absolute Gasteiger partial charge is 0.0704 e. The Balaban J connectivity index is 1.71. The predicted molar refractivity (Wildman–Crippen MR) is 74.3 cm³/mol. The van der Waals surface area contributed by atoms with Gasteiger partial charge in [-0.15, -0.1) is 0 Å². The van der Waals surface area contributed by atoms with Crippen LogP contribution in [0.25, 0.3) is 0 Å². The number of hydrogen-bond donors (Lipinski definition) is 2. The zero-order chi connectivity index (χ0) is 12.6. The Morgan fingerprint density at radius 1 is 0.833 bits per heavy atom. The van der Waals surface area contributed by atoms with Crippen molar-refractivity contribution in [1.29, 1.82) is 0 Å². The number of benzene rings is 2. The minimum atomic E-state index is -0.337. The molecule has 0 spiro atoms. The molecular weight excluding hydrogens is 222 g/mol. The standard InChI is InChI=1S/C16H19NO/c18-16(11-14-7-3-1-4-8-14)13-17-12-15-9-5-2-6-10-15/h1-10,16-18H,11-13H2/t16-/m0/s1. The van der Waals surface area contributed by atoms with Crippen LogP contribution in [-0.2, 0) is 13.0 Å². The van der Waals surface area contributed by atoms with Crippen molar-refractivity contribution in [3.05, 3.63) is 71.8 Å². The van der Waals surface area contributed by atoms with Crippen LogP contribution in [0.2, 0.25) is 0 Å². The van der Waals surface area contributed by atoms with Crippen LogP contribution in [0.4, 0.5) is 0 Å². The van der Waals surface area contributed by atoms with E-state index in [-0.39, 0.29) is 6.10 Å². The van der Waals surface area contributed by atoms with Gasteiger partial charge in [-0.1, -0.05) is 60.7 Å². The van der Waals surface area contributed by atoms with Crippen molar-refractivity contribution in [2.75, 3.05) is 6.54 Å². The largest absolute Gasteiger partial charge is 0.391 e. The molecule has 2 aromatic rings. The van der Waals surface area contributed by atoms with Crippen LogP contribution in [0.1, 0.15) is 11.1 Å². The summed E-state index contributed by atoms with van der Waals surface area (Å²) in [5, 5.41) is 13.2. The van der Waals surface area contributed by atoms with E-state index in [0.29, 0.717) is 13.0 Å². The van der Waals surface area contributed by atoms with Crippen molar-refractivity contribution in [1.82, 2.24) is 5.32 Å². The molecule has 0 aliphatic rings. The lowest BCUT2D eigenvalue weighted by atomic mass is 10.1. The number of hydrogen-bond acceptors (Lipinski definition) is 2. The van der Waals surface area contributed by atoms with Crippen molar-refractivity contribution < 1.29 is 5.11 Å². The summed E-state index contributed by atoms with van der Waals surface area (Å²) in [6.07, 6.45) is 0.360. The van der Waals surface area contributed by atoms with Gasteiger partial charge in [-0.05, 0) is 17.5 Å². The lowest BCUT2D eigenvalue weighted by Crippen LogP contribution is -2.28. The molecule has 2 rings (SSSR count). The van der Waals surface area contributed by atoms with E-state index in [1.54, 1.807) is 0 Å². The average Bonchev–Trinajstić information content (AvgIpc) is 2.41. The van der Waals surface area contributed by atoms with Crippen LogP contribution in [0.5, 0.6) is 0 Å². The minimum Gasteiger partial charge on any atom is -0.391 e. The summed E-state index contributed by atoms with van der Waals surface area (Å²) >= 11 is 0. The summed E-state index contributed by atoms with van der Waals surface area (Å²) in [4.78, 5) is 0. The first-order chi connectivity index (χ1) is 8.84. The molecule has 2 N–H and O–H groups in total. The van der Waals surface area contributed by atoms with Gasteiger partial charge in [0.25, 0.3) is 0 Å². The van der Waals surface area contributed by atoms with Crippen LogP contribution >= 0.6 is 0 Å². The Hall–Kier alpha value is -1.64. The highest BCUT2D eigenvalue weighted by molar-refractivity contribution is 5.16. The van der Waals surface area contributed by atoms with Gasteiger partial charge in [0.15, 0.2) is 0 Å². The molecule has 1 atom stereocenters. The molecule has 0 unspecified atom stereocenters. The normalized spacial score (nSPS) is 12.3. The monoisotopic (exact) mass is 241 g/mol. The van der Waals surface area contributed by atoms with Crippen LogP contribution < -0.4 is 5.32 Å². The van der Waals surface area contributed by atoms with E-state index in [1.807, 2.05) is 48.5 Å². The third kappa shape index (κ3) is 4.32. The van der Waals surface area contributed by atoms with E-state index < -0.39 is 0 Å². The van der Waals surface area contributed by atoms with Gasteiger partial charge >= 0.3 is 0 Å². The molecule has 0 saturated heterocycles. The van der Waals surface area contributed by atoms with Gasteiger partial charge in [0.05, 0.1) is 6.10 Å². The molecule has 0 radical (unpaired) electrons. The van der Waals surface area contributed by atoms with Crippen LogP contribution in [0, 0.1) is 0 Å². The van der Waals surface area contributed by atoms with Crippen LogP contribution in [0.15, 0.2) is 60.7 Å². The second-order valence-corrected chi connectivity index (χ2v) is 4.46. The van der Waals surface area contributed by atoms with E-state index in [9.17, 15) is 5.11 Å². The summed E-state index contributed by atoms with van der Waals surface area (Å²) in [7, 11) is 0. The maximum atomic E-state index is 9.92. The maximum Gasteiger partial charge on any atom is 0.0704 e. The highest BCUT2D eigenvalue weighted by Crippen LogP contribution is 2.03. The molecule has 0 aliphatic heterocycles. The van der Waals surface area contributed by atoms with E-state index in [0.717, 1.165) is 6.54 Å². The van der Waals surface area contributed by atoms with E-state index in [2.05, 4.69) is 17.4 Å². The molecule has 2 heteroatoms. The third-order valence-corrected chi connectivity index (χ3v) is 2.87. The Morgan fingerprint density at radius 2 is 1.39 bits per heavy atom. The van der Waals surface area contributed by atoms with Gasteiger partial charge in [0.1, 0.15) is 0 Å². The highest BCUT2D eigenvalue weighted by atomic mass is 16.3. The number of rotatable bonds is 6. The van der Waals surface area contributed by atoms with Gasteiger partial charge in [0, 0.05) is 13.1 Å². The lowest BCUT2D eigenvalue weighted by Gasteiger charge is -2.12. The Bertz CT molecular complexity index is 441. The average molecular weight is 241 g/mol. The maximum absolute atomic E-state index is 9.92. The minimum absolute atomic E-state index is 0.337. The predicted octanol–water partition coefficient (Wildman–Crippen LogP) is 2.38. The van der Waals surface area contributed by atoms with Crippen molar-refractivity contribution in [2.24, 2.45) is 0 Å². The fraction of sp³-hybridized carbons (Fsp3) is 0.250. The fourth-order valence-electron chi connectivity index (χ4n) is 1.94. The second kappa shape index (κ2) is 6.94. The van der Waals surface area contributed by atoms with Crippen LogP contribution in [-0.4, -0.2) is 17.8 Å². The SMILES string of the molecule is O[C@H](CNCc1ccccc1)Cc1ccccc1. The molecule has 0 amide bonds. The molecule has 0 saturated carbocycles. The molecule has 94 valence electrons. The zero-order valence-electron chi connectivity index (χ0n) is 10.4. The van der Waals surface area contributed by atoms with E-state index in [4.69, 9.17) is 0 Å². The second-order valence-electron chi connectivity index (χ2n) is 4.46. The zero-order valence-corrected chi connectivity index (χ0v) is 10.4. The summed E-state index contributed by atoms with van der Waals surface area (Å²) in [6, 6.07) is 20.3. The van der Waals surface area contributed by atoms with Gasteiger partial charge in [0.2, 0.25) is 0 Å². The molecule has 0 fully saturated rings. The first-order valence-corrected chi connectivity index (χ1v) is 6.31. The molecular formula is C16H19NO. The van der Waals surface area contributed by atoms with E-state index >= 15 is 0 Å². The van der Waals surface area contributed by atoms with Gasteiger partial charge in [-0.25, -0.2) is 0 Å². The van der Waals surface area contributed by atoms with Crippen molar-refractivity contribution in [2.45, 2.75) is 19.1 Å². The molecule has 0 heterocycles. The fourth-order valence-corrected chi connectivity index (χ4v) is 1.94. The quantitative estimate of drug-likeness (QED) is 0.814. The highest BCUT2D eigenvalue weighted by Gasteiger charge is 2.04. The molecule has 0 aromatic heterocycles. The van der Waals surface area contributed by atoms with E-state index in [1.165, 1.54) is 11.1 Å². The molecule has 18 heavy (non-hydrogen) atoms. The molecule has 0 aliphatic carbocycles. The van der Waals surface area contributed by atoms with Crippen molar-refractivity contribution in [3.8, 4) is 0 Å². The topological polar surface area (TPSA) is 32.3 Å². The summed E-state index contributed by atoms with van der Waals surface area (Å²) in [5.74, 6) is 0. The van der Waals surface area contributed by atoms with Crippen molar-refractivity contribution >= 4 is 0 Å². The summed E-state index contributed by atoms with van der Waals surface area (Å²) in [6.45, 7) is 1.41. The van der Waals surface area contributed by atoms with Gasteiger partial charge < -0.3 is 10.4 Å². The number of aliphatic hydroxyl groups excluding tert-OH is 1. The Labute approximate surface area is 108 Å². The van der Waals surface area contributed by atoms with Crippen molar-refractivity contribution in [3.63, 3.8) is 0 Å². The summed E-state index contributed by atoms with van der Waals surface area (Å²) in [5.41, 5.74) is 2.41. The third-order valence-electron chi connectivity index (χ3n) is 2.87. The first kappa shape index (κ1) is 12.8. The lowest BCUT2D eigenvalue weighted by molar-refractivity contribution is 0.171.